The Morgan fingerprint density at radius 2 is 2.25 bits per heavy atom. The third-order valence-corrected chi connectivity index (χ3v) is 4.83. The topological polar surface area (TPSA) is 45.2 Å². The number of hydrogen-bond donors (Lipinski definition) is 1. The van der Waals surface area contributed by atoms with Crippen molar-refractivity contribution in [1.29, 1.82) is 0 Å². The molecule has 0 spiro atoms. The Bertz CT molecular complexity index is 734. The summed E-state index contributed by atoms with van der Waals surface area (Å²) < 4.78 is 26.3. The SMILES string of the molecule is C[C@H]1CCCN(CC(=O)Nc2nc(-c3ccc(F)c(F)c3)cs2)C1. The molecule has 1 fully saturated rings. The molecule has 24 heavy (non-hydrogen) atoms. The number of benzene rings is 1. The first-order chi connectivity index (χ1) is 11.5. The number of aromatic nitrogens is 1. The molecule has 1 aromatic carbocycles. The molecule has 0 radical (unpaired) electrons. The van der Waals surface area contributed by atoms with Gasteiger partial charge in [0, 0.05) is 17.5 Å². The molecule has 1 saturated heterocycles. The highest BCUT2D eigenvalue weighted by atomic mass is 32.1. The zero-order chi connectivity index (χ0) is 17.1. The number of likely N-dealkylation sites (tertiary alicyclic amines) is 1. The smallest absolute Gasteiger partial charge is 0.240 e. The van der Waals surface area contributed by atoms with E-state index in [0.717, 1.165) is 31.6 Å². The molecule has 7 heteroatoms. The van der Waals surface area contributed by atoms with Gasteiger partial charge in [0.15, 0.2) is 16.8 Å². The van der Waals surface area contributed by atoms with Crippen LogP contribution in [0.2, 0.25) is 0 Å². The lowest BCUT2D eigenvalue weighted by Gasteiger charge is -2.29. The lowest BCUT2D eigenvalue weighted by Crippen LogP contribution is -2.39. The molecule has 2 heterocycles. The third kappa shape index (κ3) is 4.15. The fraction of sp³-hybridized carbons (Fsp3) is 0.412. The number of rotatable bonds is 4. The molecule has 1 atom stereocenters. The van der Waals surface area contributed by atoms with Crippen molar-refractivity contribution < 1.29 is 13.6 Å². The van der Waals surface area contributed by atoms with Gasteiger partial charge in [-0.2, -0.15) is 0 Å². The van der Waals surface area contributed by atoms with Gasteiger partial charge in [-0.25, -0.2) is 13.8 Å². The van der Waals surface area contributed by atoms with Crippen molar-refractivity contribution >= 4 is 22.4 Å². The van der Waals surface area contributed by atoms with E-state index in [2.05, 4.69) is 22.1 Å². The molecule has 4 nitrogen and oxygen atoms in total. The number of amides is 1. The Morgan fingerprint density at radius 3 is 3.00 bits per heavy atom. The van der Waals surface area contributed by atoms with Crippen LogP contribution in [0.4, 0.5) is 13.9 Å². The minimum atomic E-state index is -0.912. The standard InChI is InChI=1S/C17H19F2N3OS/c1-11-3-2-6-22(8-11)9-16(23)21-17-20-15(10-24-17)12-4-5-13(18)14(19)7-12/h4-5,7,10-11H,2-3,6,8-9H2,1H3,(H,20,21,23)/t11-/m0/s1. The molecule has 1 N–H and O–H groups in total. The Morgan fingerprint density at radius 1 is 1.42 bits per heavy atom. The predicted molar refractivity (Wildman–Crippen MR) is 90.9 cm³/mol. The summed E-state index contributed by atoms with van der Waals surface area (Å²) >= 11 is 1.27. The molecular weight excluding hydrogens is 332 g/mol. The Kier molecular flexibility index (Phi) is 5.20. The Hall–Kier alpha value is -1.86. The van der Waals surface area contributed by atoms with E-state index >= 15 is 0 Å². The van der Waals surface area contributed by atoms with Gasteiger partial charge in [-0.15, -0.1) is 11.3 Å². The first kappa shape index (κ1) is 17.0. The predicted octanol–water partition coefficient (Wildman–Crippen LogP) is 3.76. The maximum absolute atomic E-state index is 13.3. The van der Waals surface area contributed by atoms with Crippen molar-refractivity contribution in [2.75, 3.05) is 25.0 Å². The molecule has 3 rings (SSSR count). The van der Waals surface area contributed by atoms with Crippen LogP contribution in [0.1, 0.15) is 19.8 Å². The van der Waals surface area contributed by atoms with Gasteiger partial charge in [-0.3, -0.25) is 9.69 Å². The van der Waals surface area contributed by atoms with Crippen molar-refractivity contribution in [3.8, 4) is 11.3 Å². The summed E-state index contributed by atoms with van der Waals surface area (Å²) in [4.78, 5) is 18.6. The van der Waals surface area contributed by atoms with E-state index in [0.29, 0.717) is 28.9 Å². The molecule has 0 bridgehead atoms. The number of hydrogen-bond acceptors (Lipinski definition) is 4. The zero-order valence-corrected chi connectivity index (χ0v) is 14.2. The molecule has 1 amide bonds. The minimum Gasteiger partial charge on any atom is -0.301 e. The van der Waals surface area contributed by atoms with E-state index in [9.17, 15) is 13.6 Å². The van der Waals surface area contributed by atoms with E-state index in [1.807, 2.05) is 0 Å². The van der Waals surface area contributed by atoms with Crippen molar-refractivity contribution in [3.63, 3.8) is 0 Å². The van der Waals surface area contributed by atoms with Crippen molar-refractivity contribution in [3.05, 3.63) is 35.2 Å². The lowest BCUT2D eigenvalue weighted by molar-refractivity contribution is -0.117. The maximum atomic E-state index is 13.3. The number of piperidine rings is 1. The fourth-order valence-corrected chi connectivity index (χ4v) is 3.65. The molecule has 0 saturated carbocycles. The highest BCUT2D eigenvalue weighted by Crippen LogP contribution is 2.26. The van der Waals surface area contributed by atoms with Crippen LogP contribution in [0.5, 0.6) is 0 Å². The van der Waals surface area contributed by atoms with E-state index < -0.39 is 11.6 Å². The zero-order valence-electron chi connectivity index (χ0n) is 13.4. The number of thiazole rings is 1. The second-order valence-corrected chi connectivity index (χ2v) is 7.06. The monoisotopic (exact) mass is 351 g/mol. The lowest BCUT2D eigenvalue weighted by atomic mass is 10.0. The van der Waals surface area contributed by atoms with Crippen molar-refractivity contribution in [1.82, 2.24) is 9.88 Å². The molecule has 128 valence electrons. The fourth-order valence-electron chi connectivity index (χ4n) is 2.91. The number of carbonyl (C=O) groups excluding carboxylic acids is 1. The van der Waals surface area contributed by atoms with E-state index in [1.54, 1.807) is 5.38 Å². The van der Waals surface area contributed by atoms with Gasteiger partial charge in [-0.1, -0.05) is 6.92 Å². The number of nitrogens with one attached hydrogen (secondary N) is 1. The summed E-state index contributed by atoms with van der Waals surface area (Å²) in [5, 5.41) is 4.96. The van der Waals surface area contributed by atoms with Crippen LogP contribution in [0.15, 0.2) is 23.6 Å². The first-order valence-corrected chi connectivity index (χ1v) is 8.82. The van der Waals surface area contributed by atoms with Crippen molar-refractivity contribution in [2.24, 2.45) is 5.92 Å². The van der Waals surface area contributed by atoms with Crippen LogP contribution in [0, 0.1) is 17.6 Å². The molecular formula is C17H19F2N3OS. The van der Waals surface area contributed by atoms with Gasteiger partial charge in [0.25, 0.3) is 0 Å². The number of anilines is 1. The summed E-state index contributed by atoms with van der Waals surface area (Å²) in [7, 11) is 0. The summed E-state index contributed by atoms with van der Waals surface area (Å²) in [6.07, 6.45) is 2.33. The first-order valence-electron chi connectivity index (χ1n) is 7.94. The van der Waals surface area contributed by atoms with Gasteiger partial charge >= 0.3 is 0 Å². The van der Waals surface area contributed by atoms with Gasteiger partial charge in [-0.05, 0) is 43.5 Å². The van der Waals surface area contributed by atoms with Crippen LogP contribution in [0.3, 0.4) is 0 Å². The van der Waals surface area contributed by atoms with E-state index in [1.165, 1.54) is 23.8 Å². The minimum absolute atomic E-state index is 0.102. The number of halogens is 2. The van der Waals surface area contributed by atoms with Crippen LogP contribution in [0.25, 0.3) is 11.3 Å². The second-order valence-electron chi connectivity index (χ2n) is 6.20. The molecule has 0 unspecified atom stereocenters. The molecule has 1 aromatic heterocycles. The molecule has 1 aliphatic heterocycles. The average Bonchev–Trinajstić information content (AvgIpc) is 2.98. The van der Waals surface area contributed by atoms with Crippen LogP contribution >= 0.6 is 11.3 Å². The highest BCUT2D eigenvalue weighted by Gasteiger charge is 2.19. The Balaban J connectivity index is 1.61. The number of nitrogens with zero attached hydrogens (tertiary/aromatic N) is 2. The Labute approximate surface area is 143 Å². The van der Waals surface area contributed by atoms with Crippen LogP contribution < -0.4 is 5.32 Å². The van der Waals surface area contributed by atoms with E-state index in [4.69, 9.17) is 0 Å². The number of carbonyl (C=O) groups is 1. The normalized spacial score (nSPS) is 18.5. The largest absolute Gasteiger partial charge is 0.301 e. The second kappa shape index (κ2) is 7.36. The molecule has 2 aromatic rings. The molecule has 1 aliphatic rings. The third-order valence-electron chi connectivity index (χ3n) is 4.07. The summed E-state index contributed by atoms with van der Waals surface area (Å²) in [5.41, 5.74) is 0.997. The van der Waals surface area contributed by atoms with Crippen LogP contribution in [-0.2, 0) is 4.79 Å². The van der Waals surface area contributed by atoms with Gasteiger partial charge in [0.05, 0.1) is 12.2 Å². The summed E-state index contributed by atoms with van der Waals surface area (Å²) in [6, 6.07) is 3.64. The van der Waals surface area contributed by atoms with E-state index in [-0.39, 0.29) is 5.91 Å². The van der Waals surface area contributed by atoms with Crippen LogP contribution in [-0.4, -0.2) is 35.4 Å². The van der Waals surface area contributed by atoms with Gasteiger partial charge < -0.3 is 5.32 Å². The maximum Gasteiger partial charge on any atom is 0.240 e. The average molecular weight is 351 g/mol. The quantitative estimate of drug-likeness (QED) is 0.912. The van der Waals surface area contributed by atoms with Gasteiger partial charge in [0.1, 0.15) is 0 Å². The highest BCUT2D eigenvalue weighted by molar-refractivity contribution is 7.14. The van der Waals surface area contributed by atoms with Crippen molar-refractivity contribution in [2.45, 2.75) is 19.8 Å². The summed E-state index contributed by atoms with van der Waals surface area (Å²) in [5.74, 6) is -1.29. The summed E-state index contributed by atoms with van der Waals surface area (Å²) in [6.45, 7) is 4.42. The van der Waals surface area contributed by atoms with Gasteiger partial charge in [0.2, 0.25) is 5.91 Å². The molecule has 0 aliphatic carbocycles.